The van der Waals surface area contributed by atoms with E-state index >= 15 is 0 Å². The molecule has 1 aromatic carbocycles. The first-order chi connectivity index (χ1) is 10.9. The molecule has 1 aliphatic heterocycles. The summed E-state index contributed by atoms with van der Waals surface area (Å²) in [6, 6.07) is 3.40. The van der Waals surface area contributed by atoms with Crippen LogP contribution in [0.25, 0.3) is 0 Å². The Labute approximate surface area is 139 Å². The predicted molar refractivity (Wildman–Crippen MR) is 83.9 cm³/mol. The Bertz CT molecular complexity index is 564. The molecule has 6 nitrogen and oxygen atoms in total. The number of aryl methyl sites for hydroxylation is 1. The van der Waals surface area contributed by atoms with Crippen molar-refractivity contribution < 1.29 is 29.9 Å². The molecule has 0 saturated carbocycles. The zero-order chi connectivity index (χ0) is 17.1. The van der Waals surface area contributed by atoms with Gasteiger partial charge in [0.2, 0.25) is 0 Å². The molecule has 0 radical (unpaired) electrons. The number of hydrogen-bond acceptors (Lipinski definition) is 6. The first-order valence-corrected chi connectivity index (χ1v) is 7.60. The van der Waals surface area contributed by atoms with E-state index in [0.29, 0.717) is 22.8 Å². The van der Waals surface area contributed by atoms with E-state index < -0.39 is 30.7 Å². The SMILES string of the molecule is C=CCOCc1cc([C@@H]2OC(O)[C@@H](O)[C@H](O)[C@H]2O)c(C)cc1Cl. The van der Waals surface area contributed by atoms with Crippen molar-refractivity contribution in [3.05, 3.63) is 46.5 Å². The molecule has 0 amide bonds. The van der Waals surface area contributed by atoms with Crippen molar-refractivity contribution in [3.63, 3.8) is 0 Å². The summed E-state index contributed by atoms with van der Waals surface area (Å²) in [6.45, 7) is 5.95. The van der Waals surface area contributed by atoms with Gasteiger partial charge < -0.3 is 29.9 Å². The molecule has 5 atom stereocenters. The van der Waals surface area contributed by atoms with Gasteiger partial charge in [-0.1, -0.05) is 17.7 Å². The van der Waals surface area contributed by atoms with Gasteiger partial charge in [0.25, 0.3) is 0 Å². The maximum absolute atomic E-state index is 10.2. The van der Waals surface area contributed by atoms with E-state index in [1.165, 1.54) is 0 Å². The Hall–Kier alpha value is -0.990. The van der Waals surface area contributed by atoms with Crippen molar-refractivity contribution in [1.29, 1.82) is 0 Å². The molecule has 1 aromatic rings. The van der Waals surface area contributed by atoms with Gasteiger partial charge in [0, 0.05) is 5.02 Å². The molecule has 23 heavy (non-hydrogen) atoms. The predicted octanol–water partition coefficient (Wildman–Crippen LogP) is 0.823. The van der Waals surface area contributed by atoms with Gasteiger partial charge in [-0.3, -0.25) is 0 Å². The number of halogens is 1. The molecule has 0 spiro atoms. The highest BCUT2D eigenvalue weighted by Crippen LogP contribution is 2.35. The average Bonchev–Trinajstić information content (AvgIpc) is 2.51. The summed E-state index contributed by atoms with van der Waals surface area (Å²) in [4.78, 5) is 0. The summed E-state index contributed by atoms with van der Waals surface area (Å²) in [7, 11) is 0. The number of rotatable bonds is 5. The first-order valence-electron chi connectivity index (χ1n) is 7.22. The lowest BCUT2D eigenvalue weighted by molar-refractivity contribution is -0.284. The van der Waals surface area contributed by atoms with Crippen LogP contribution < -0.4 is 0 Å². The van der Waals surface area contributed by atoms with Crippen molar-refractivity contribution >= 4 is 11.6 Å². The minimum atomic E-state index is -1.59. The molecule has 1 aliphatic rings. The Balaban J connectivity index is 2.30. The van der Waals surface area contributed by atoms with Crippen LogP contribution in [0.2, 0.25) is 5.02 Å². The van der Waals surface area contributed by atoms with E-state index in [2.05, 4.69) is 6.58 Å². The normalized spacial score (nSPS) is 31.1. The van der Waals surface area contributed by atoms with Gasteiger partial charge >= 0.3 is 0 Å². The number of aliphatic hydroxyl groups excluding tert-OH is 4. The van der Waals surface area contributed by atoms with Gasteiger partial charge in [-0.15, -0.1) is 6.58 Å². The van der Waals surface area contributed by atoms with Crippen LogP contribution in [0, 0.1) is 6.92 Å². The molecule has 1 heterocycles. The lowest BCUT2D eigenvalue weighted by Gasteiger charge is -2.39. The summed E-state index contributed by atoms with van der Waals surface area (Å²) >= 11 is 6.19. The van der Waals surface area contributed by atoms with E-state index in [1.807, 2.05) is 0 Å². The van der Waals surface area contributed by atoms with Gasteiger partial charge in [0.05, 0.1) is 13.2 Å². The number of hydrogen-bond donors (Lipinski definition) is 4. The van der Waals surface area contributed by atoms with Gasteiger partial charge in [0.15, 0.2) is 6.29 Å². The van der Waals surface area contributed by atoms with Crippen molar-refractivity contribution in [3.8, 4) is 0 Å². The molecule has 2 rings (SSSR count). The monoisotopic (exact) mass is 344 g/mol. The quantitative estimate of drug-likeness (QED) is 0.466. The van der Waals surface area contributed by atoms with E-state index in [4.69, 9.17) is 21.1 Å². The van der Waals surface area contributed by atoms with E-state index in [0.717, 1.165) is 5.56 Å². The van der Waals surface area contributed by atoms with Gasteiger partial charge in [-0.2, -0.15) is 0 Å². The van der Waals surface area contributed by atoms with Crippen LogP contribution in [0.5, 0.6) is 0 Å². The smallest absolute Gasteiger partial charge is 0.184 e. The van der Waals surface area contributed by atoms with Gasteiger partial charge in [-0.05, 0) is 35.7 Å². The third kappa shape index (κ3) is 3.92. The van der Waals surface area contributed by atoms with E-state index in [9.17, 15) is 20.4 Å². The standard InChI is InChI=1S/C16H21ClO6/c1-3-4-22-7-9-6-10(8(2)5-11(9)17)15-13(19)12(18)14(20)16(21)23-15/h3,5-6,12-16,18-21H,1,4,7H2,2H3/t12-,13-,14+,15+,16?/m1/s1. The van der Waals surface area contributed by atoms with Crippen LogP contribution in [0.4, 0.5) is 0 Å². The summed E-state index contributed by atoms with van der Waals surface area (Å²) in [5, 5.41) is 39.7. The first kappa shape index (κ1) is 18.4. The van der Waals surface area contributed by atoms with Gasteiger partial charge in [-0.25, -0.2) is 0 Å². The Morgan fingerprint density at radius 1 is 1.22 bits per heavy atom. The molecule has 0 aromatic heterocycles. The minimum Gasteiger partial charge on any atom is -0.387 e. The topological polar surface area (TPSA) is 99.4 Å². The molecule has 0 bridgehead atoms. The van der Waals surface area contributed by atoms with Crippen LogP contribution in [0.3, 0.4) is 0 Å². The lowest BCUT2D eigenvalue weighted by atomic mass is 9.90. The highest BCUT2D eigenvalue weighted by molar-refractivity contribution is 6.31. The largest absolute Gasteiger partial charge is 0.387 e. The second-order valence-corrected chi connectivity index (χ2v) is 5.93. The second kappa shape index (κ2) is 7.72. The molecule has 1 saturated heterocycles. The molecule has 1 fully saturated rings. The van der Waals surface area contributed by atoms with Crippen molar-refractivity contribution in [2.24, 2.45) is 0 Å². The maximum atomic E-state index is 10.2. The van der Waals surface area contributed by atoms with Crippen LogP contribution in [-0.2, 0) is 16.1 Å². The van der Waals surface area contributed by atoms with Crippen molar-refractivity contribution in [2.75, 3.05) is 6.61 Å². The third-order valence-electron chi connectivity index (χ3n) is 3.82. The zero-order valence-corrected chi connectivity index (χ0v) is 13.5. The fraction of sp³-hybridized carbons (Fsp3) is 0.500. The zero-order valence-electron chi connectivity index (χ0n) is 12.7. The van der Waals surface area contributed by atoms with Crippen LogP contribution in [0.15, 0.2) is 24.8 Å². The van der Waals surface area contributed by atoms with Crippen LogP contribution in [-0.4, -0.2) is 51.6 Å². The summed E-state index contributed by atoms with van der Waals surface area (Å²) in [6.07, 6.45) is -5.42. The highest BCUT2D eigenvalue weighted by Gasteiger charge is 2.44. The molecular formula is C16H21ClO6. The fourth-order valence-electron chi connectivity index (χ4n) is 2.52. The van der Waals surface area contributed by atoms with Crippen LogP contribution in [0.1, 0.15) is 22.8 Å². The lowest BCUT2D eigenvalue weighted by Crippen LogP contribution is -2.54. The van der Waals surface area contributed by atoms with Crippen molar-refractivity contribution in [2.45, 2.75) is 44.2 Å². The second-order valence-electron chi connectivity index (χ2n) is 5.52. The number of ether oxygens (including phenoxy) is 2. The maximum Gasteiger partial charge on any atom is 0.184 e. The third-order valence-corrected chi connectivity index (χ3v) is 4.17. The van der Waals surface area contributed by atoms with Gasteiger partial charge in [0.1, 0.15) is 24.4 Å². The number of benzene rings is 1. The number of aliphatic hydroxyl groups is 4. The molecule has 4 N–H and O–H groups in total. The molecular weight excluding hydrogens is 324 g/mol. The molecule has 0 aliphatic carbocycles. The summed E-state index contributed by atoms with van der Waals surface area (Å²) < 4.78 is 10.6. The molecule has 1 unspecified atom stereocenters. The Kier molecular flexibility index (Phi) is 6.16. The average molecular weight is 345 g/mol. The molecule has 128 valence electrons. The van der Waals surface area contributed by atoms with E-state index in [-0.39, 0.29) is 6.61 Å². The Morgan fingerprint density at radius 3 is 2.57 bits per heavy atom. The summed E-state index contributed by atoms with van der Waals surface area (Å²) in [5.41, 5.74) is 1.96. The van der Waals surface area contributed by atoms with Crippen LogP contribution >= 0.6 is 11.6 Å². The van der Waals surface area contributed by atoms with E-state index in [1.54, 1.807) is 25.1 Å². The Morgan fingerprint density at radius 2 is 1.91 bits per heavy atom. The minimum absolute atomic E-state index is 0.245. The summed E-state index contributed by atoms with van der Waals surface area (Å²) in [5.74, 6) is 0. The highest BCUT2D eigenvalue weighted by atomic mass is 35.5. The fourth-order valence-corrected chi connectivity index (χ4v) is 2.80. The van der Waals surface area contributed by atoms with Crippen molar-refractivity contribution in [1.82, 2.24) is 0 Å². The molecule has 7 heteroatoms.